The number of likely N-dealkylation sites (tertiary alicyclic amines) is 1. The number of fused-ring (bicyclic) bond motifs is 1. The fourth-order valence-corrected chi connectivity index (χ4v) is 3.86. The van der Waals surface area contributed by atoms with Gasteiger partial charge < -0.3 is 14.9 Å². The third kappa shape index (κ3) is 2.55. The van der Waals surface area contributed by atoms with Crippen molar-refractivity contribution in [3.8, 4) is 17.1 Å². The van der Waals surface area contributed by atoms with Gasteiger partial charge in [-0.1, -0.05) is 12.1 Å². The molecule has 2 aliphatic rings. The zero-order chi connectivity index (χ0) is 16.0. The minimum absolute atomic E-state index is 0.224. The largest absolute Gasteiger partial charge is 0.507 e. The minimum atomic E-state index is 0.224. The third-order valence-corrected chi connectivity index (χ3v) is 5.13. The van der Waals surface area contributed by atoms with Crippen LogP contribution in [0.15, 0.2) is 30.3 Å². The van der Waals surface area contributed by atoms with Gasteiger partial charge in [-0.15, -0.1) is 0 Å². The summed E-state index contributed by atoms with van der Waals surface area (Å²) in [5.41, 5.74) is 1.62. The van der Waals surface area contributed by atoms with Crippen molar-refractivity contribution < 1.29 is 5.11 Å². The summed E-state index contributed by atoms with van der Waals surface area (Å²) >= 11 is 0. The van der Waals surface area contributed by atoms with Gasteiger partial charge in [-0.25, -0.2) is 9.97 Å². The molecule has 0 spiro atoms. The van der Waals surface area contributed by atoms with E-state index < -0.39 is 0 Å². The molecule has 5 nitrogen and oxygen atoms in total. The fourth-order valence-electron chi connectivity index (χ4n) is 3.86. The lowest BCUT2D eigenvalue weighted by Gasteiger charge is -2.22. The molecule has 0 radical (unpaired) electrons. The highest BCUT2D eigenvalue weighted by atomic mass is 16.3. The summed E-state index contributed by atoms with van der Waals surface area (Å²) in [5, 5.41) is 10.1. The molecule has 3 heterocycles. The topological polar surface area (TPSA) is 52.5 Å². The zero-order valence-corrected chi connectivity index (χ0v) is 13.6. The van der Waals surface area contributed by atoms with Gasteiger partial charge >= 0.3 is 0 Å². The molecule has 5 heteroatoms. The summed E-state index contributed by atoms with van der Waals surface area (Å²) in [7, 11) is 2.22. The van der Waals surface area contributed by atoms with Crippen LogP contribution < -0.4 is 4.90 Å². The third-order valence-electron chi connectivity index (χ3n) is 5.13. The van der Waals surface area contributed by atoms with E-state index in [-0.39, 0.29) is 5.75 Å². The summed E-state index contributed by atoms with van der Waals surface area (Å²) in [6.45, 7) is 5.27. The van der Waals surface area contributed by atoms with Crippen molar-refractivity contribution in [2.45, 2.75) is 19.4 Å². The summed E-state index contributed by atoms with van der Waals surface area (Å²) in [6, 6.07) is 9.93. The highest BCUT2D eigenvalue weighted by molar-refractivity contribution is 5.65. The number of aromatic nitrogens is 2. The van der Waals surface area contributed by atoms with Crippen molar-refractivity contribution in [1.82, 2.24) is 14.9 Å². The van der Waals surface area contributed by atoms with Crippen LogP contribution in [0.4, 0.5) is 5.82 Å². The summed E-state index contributed by atoms with van der Waals surface area (Å²) in [5.74, 6) is 2.54. The van der Waals surface area contributed by atoms with Crippen LogP contribution in [-0.4, -0.2) is 52.7 Å². The number of hydrogen-bond donors (Lipinski definition) is 1. The standard InChI is InChI=1S/C18H22N4O/c1-12-9-17(22-10-13-7-8-21(2)15(13)11-22)20-18(19-12)14-5-3-4-6-16(14)23/h3-6,9,13,15,23H,7-8,10-11H2,1-2H3/t13-,15+/m1/s1. The molecule has 2 saturated heterocycles. The lowest BCUT2D eigenvalue weighted by molar-refractivity contribution is 0.310. The Bertz CT molecular complexity index is 733. The molecule has 4 rings (SSSR count). The molecule has 0 bridgehead atoms. The fraction of sp³-hybridized carbons (Fsp3) is 0.444. The molecule has 23 heavy (non-hydrogen) atoms. The van der Waals surface area contributed by atoms with Crippen LogP contribution in [0.25, 0.3) is 11.4 Å². The Morgan fingerprint density at radius 3 is 2.78 bits per heavy atom. The van der Waals surface area contributed by atoms with Gasteiger partial charge in [-0.3, -0.25) is 0 Å². The van der Waals surface area contributed by atoms with Crippen molar-refractivity contribution in [3.63, 3.8) is 0 Å². The van der Waals surface area contributed by atoms with Crippen LogP contribution in [-0.2, 0) is 0 Å². The lowest BCUT2D eigenvalue weighted by atomic mass is 10.1. The molecule has 0 unspecified atom stereocenters. The number of para-hydroxylation sites is 1. The van der Waals surface area contributed by atoms with Crippen molar-refractivity contribution >= 4 is 5.82 Å². The first kappa shape index (κ1) is 14.5. The number of aromatic hydroxyl groups is 1. The molecule has 120 valence electrons. The Labute approximate surface area is 136 Å². The van der Waals surface area contributed by atoms with Crippen LogP contribution in [0, 0.1) is 12.8 Å². The molecule has 2 aromatic rings. The number of rotatable bonds is 2. The number of likely N-dealkylation sites (N-methyl/N-ethyl adjacent to an activating group) is 1. The van der Waals surface area contributed by atoms with Gasteiger partial charge in [0.15, 0.2) is 5.82 Å². The van der Waals surface area contributed by atoms with Crippen LogP contribution >= 0.6 is 0 Å². The quantitative estimate of drug-likeness (QED) is 0.922. The number of phenols is 1. The molecule has 2 aliphatic heterocycles. The van der Waals surface area contributed by atoms with Gasteiger partial charge in [0, 0.05) is 30.9 Å². The summed E-state index contributed by atoms with van der Waals surface area (Å²) in [4.78, 5) is 14.1. The van der Waals surface area contributed by atoms with Crippen molar-refractivity contribution in [3.05, 3.63) is 36.0 Å². The van der Waals surface area contributed by atoms with E-state index in [1.165, 1.54) is 13.0 Å². The average molecular weight is 310 g/mol. The van der Waals surface area contributed by atoms with Gasteiger partial charge in [-0.05, 0) is 45.0 Å². The van der Waals surface area contributed by atoms with E-state index in [1.54, 1.807) is 6.07 Å². The van der Waals surface area contributed by atoms with E-state index in [1.807, 2.05) is 31.2 Å². The number of phenolic OH excluding ortho intramolecular Hbond substituents is 1. The average Bonchev–Trinajstić information content (AvgIpc) is 3.10. The van der Waals surface area contributed by atoms with Crippen LogP contribution in [0.1, 0.15) is 12.1 Å². The lowest BCUT2D eigenvalue weighted by Crippen LogP contribution is -2.32. The molecular formula is C18H22N4O. The van der Waals surface area contributed by atoms with Gasteiger partial charge in [0.05, 0.1) is 5.56 Å². The molecule has 0 aliphatic carbocycles. The molecule has 0 saturated carbocycles. The molecule has 1 N–H and O–H groups in total. The van der Waals surface area contributed by atoms with Gasteiger partial charge in [0.25, 0.3) is 0 Å². The summed E-state index contributed by atoms with van der Waals surface area (Å²) < 4.78 is 0. The SMILES string of the molecule is Cc1cc(N2C[C@H]3CCN(C)[C@H]3C2)nc(-c2ccccc2O)n1. The van der Waals surface area contributed by atoms with Crippen molar-refractivity contribution in [2.75, 3.05) is 31.6 Å². The van der Waals surface area contributed by atoms with Crippen LogP contribution in [0.2, 0.25) is 0 Å². The second-order valence-electron chi connectivity index (χ2n) is 6.71. The van der Waals surface area contributed by atoms with Gasteiger partial charge in [0.1, 0.15) is 11.6 Å². The molecule has 1 aromatic heterocycles. The summed E-state index contributed by atoms with van der Waals surface area (Å²) in [6.07, 6.45) is 1.27. The molecular weight excluding hydrogens is 288 g/mol. The van der Waals surface area contributed by atoms with E-state index >= 15 is 0 Å². The van der Waals surface area contributed by atoms with E-state index in [9.17, 15) is 5.11 Å². The zero-order valence-electron chi connectivity index (χ0n) is 13.6. The highest BCUT2D eigenvalue weighted by Gasteiger charge is 2.40. The Balaban J connectivity index is 1.67. The Morgan fingerprint density at radius 2 is 2.00 bits per heavy atom. The van der Waals surface area contributed by atoms with Crippen molar-refractivity contribution in [1.29, 1.82) is 0 Å². The normalized spacial score (nSPS) is 24.2. The van der Waals surface area contributed by atoms with Crippen LogP contribution in [0.3, 0.4) is 0 Å². The maximum Gasteiger partial charge on any atom is 0.165 e. The first-order valence-electron chi connectivity index (χ1n) is 8.21. The van der Waals surface area contributed by atoms with Gasteiger partial charge in [-0.2, -0.15) is 0 Å². The van der Waals surface area contributed by atoms with Crippen molar-refractivity contribution in [2.24, 2.45) is 5.92 Å². The second kappa shape index (κ2) is 5.49. The monoisotopic (exact) mass is 310 g/mol. The molecule has 2 atom stereocenters. The van der Waals surface area contributed by atoms with E-state index in [4.69, 9.17) is 4.98 Å². The van der Waals surface area contributed by atoms with Gasteiger partial charge in [0.2, 0.25) is 0 Å². The Morgan fingerprint density at radius 1 is 1.17 bits per heavy atom. The number of hydrogen-bond acceptors (Lipinski definition) is 5. The number of benzene rings is 1. The Hall–Kier alpha value is -2.14. The maximum atomic E-state index is 10.1. The molecule has 1 aromatic carbocycles. The predicted octanol–water partition coefficient (Wildman–Crippen LogP) is 2.30. The smallest absolute Gasteiger partial charge is 0.165 e. The molecule has 0 amide bonds. The molecule has 2 fully saturated rings. The van der Waals surface area contributed by atoms with E-state index in [2.05, 4.69) is 21.8 Å². The number of anilines is 1. The maximum absolute atomic E-state index is 10.1. The number of nitrogens with zero attached hydrogens (tertiary/aromatic N) is 4. The second-order valence-corrected chi connectivity index (χ2v) is 6.71. The van der Waals surface area contributed by atoms with E-state index in [0.717, 1.165) is 30.5 Å². The van der Waals surface area contributed by atoms with E-state index in [0.29, 0.717) is 17.4 Å². The van der Waals surface area contributed by atoms with Crippen LogP contribution in [0.5, 0.6) is 5.75 Å². The minimum Gasteiger partial charge on any atom is -0.507 e. The highest BCUT2D eigenvalue weighted by Crippen LogP contribution is 2.34. The first-order valence-corrected chi connectivity index (χ1v) is 8.21. The predicted molar refractivity (Wildman–Crippen MR) is 90.6 cm³/mol. The first-order chi connectivity index (χ1) is 11.1. The number of aryl methyl sites for hydroxylation is 1. The Kier molecular flexibility index (Phi) is 3.45.